The third-order valence-electron chi connectivity index (χ3n) is 2.80. The molecule has 0 atom stereocenters. The van der Waals surface area contributed by atoms with Crippen LogP contribution in [0.1, 0.15) is 15.9 Å². The van der Waals surface area contributed by atoms with E-state index in [1.165, 1.54) is 24.3 Å². The lowest BCUT2D eigenvalue weighted by Gasteiger charge is -1.99. The molecule has 2 aromatic rings. The number of rotatable bonds is 4. The third kappa shape index (κ3) is 3.53. The lowest BCUT2D eigenvalue weighted by Crippen LogP contribution is -1.97. The lowest BCUT2D eigenvalue weighted by atomic mass is 10.1. The molecular weight excluding hydrogens is 316 g/mol. The molecule has 0 aliphatic carbocycles. The quantitative estimate of drug-likeness (QED) is 0.362. The predicted octanol–water partition coefficient (Wildman–Crippen LogP) is 4.42. The molecule has 0 unspecified atom stereocenters. The van der Waals surface area contributed by atoms with Crippen molar-refractivity contribution in [2.75, 3.05) is 0 Å². The molecule has 0 aromatic heterocycles. The molecular formula is C15H8ClF2NO3. The molecule has 0 saturated carbocycles. The van der Waals surface area contributed by atoms with Crippen LogP contribution in [0.15, 0.2) is 42.5 Å². The minimum atomic E-state index is -1.03. The second-order valence-electron chi connectivity index (χ2n) is 4.29. The number of carbonyl (C=O) groups is 1. The van der Waals surface area contributed by atoms with Gasteiger partial charge in [-0.2, -0.15) is 0 Å². The summed E-state index contributed by atoms with van der Waals surface area (Å²) in [6.45, 7) is 0. The number of hydrogen-bond acceptors (Lipinski definition) is 3. The van der Waals surface area contributed by atoms with Crippen LogP contribution in [0.4, 0.5) is 14.5 Å². The Morgan fingerprint density at radius 3 is 2.50 bits per heavy atom. The van der Waals surface area contributed by atoms with E-state index in [4.69, 9.17) is 11.6 Å². The monoisotopic (exact) mass is 323 g/mol. The summed E-state index contributed by atoms with van der Waals surface area (Å²) >= 11 is 5.65. The Kier molecular flexibility index (Phi) is 4.62. The molecule has 0 N–H and O–H groups in total. The molecule has 0 radical (unpaired) electrons. The van der Waals surface area contributed by atoms with E-state index >= 15 is 0 Å². The Morgan fingerprint density at radius 2 is 1.86 bits per heavy atom. The average molecular weight is 324 g/mol. The fourth-order valence-corrected chi connectivity index (χ4v) is 1.88. The highest BCUT2D eigenvalue weighted by molar-refractivity contribution is 6.32. The van der Waals surface area contributed by atoms with Crippen LogP contribution in [-0.2, 0) is 0 Å². The van der Waals surface area contributed by atoms with E-state index in [0.29, 0.717) is 0 Å². The topological polar surface area (TPSA) is 60.2 Å². The molecule has 0 spiro atoms. The Labute approximate surface area is 128 Å². The SMILES string of the molecule is O=C(/C=C/c1ccc(F)c(F)c1)c1ccc(Cl)c([N+](=O)[O-])c1. The van der Waals surface area contributed by atoms with Crippen LogP contribution in [0.25, 0.3) is 6.08 Å². The van der Waals surface area contributed by atoms with Crippen molar-refractivity contribution in [1.82, 2.24) is 0 Å². The van der Waals surface area contributed by atoms with E-state index in [-0.39, 0.29) is 21.8 Å². The summed E-state index contributed by atoms with van der Waals surface area (Å²) in [5.41, 5.74) is -0.0283. The first-order valence-corrected chi connectivity index (χ1v) is 6.37. The maximum Gasteiger partial charge on any atom is 0.288 e. The Balaban J connectivity index is 2.25. The summed E-state index contributed by atoms with van der Waals surface area (Å²) in [5.74, 6) is -2.54. The van der Waals surface area contributed by atoms with Gasteiger partial charge in [0.05, 0.1) is 4.92 Å². The highest BCUT2D eigenvalue weighted by atomic mass is 35.5. The molecule has 0 aliphatic rings. The van der Waals surface area contributed by atoms with E-state index in [0.717, 1.165) is 24.3 Å². The van der Waals surface area contributed by atoms with Crippen LogP contribution in [0, 0.1) is 21.7 Å². The van der Waals surface area contributed by atoms with Gasteiger partial charge in [-0.1, -0.05) is 23.7 Å². The van der Waals surface area contributed by atoms with Crippen LogP contribution >= 0.6 is 11.6 Å². The largest absolute Gasteiger partial charge is 0.289 e. The van der Waals surface area contributed by atoms with E-state index in [1.54, 1.807) is 0 Å². The Hall–Kier alpha value is -2.60. The molecule has 2 rings (SSSR count). The average Bonchev–Trinajstić information content (AvgIpc) is 2.48. The van der Waals surface area contributed by atoms with Gasteiger partial charge in [-0.25, -0.2) is 8.78 Å². The van der Waals surface area contributed by atoms with Crippen molar-refractivity contribution >= 4 is 29.1 Å². The number of benzene rings is 2. The van der Waals surface area contributed by atoms with Crippen molar-refractivity contribution in [1.29, 1.82) is 0 Å². The second kappa shape index (κ2) is 6.44. The maximum atomic E-state index is 13.0. The fraction of sp³-hybridized carbons (Fsp3) is 0. The first-order chi connectivity index (χ1) is 10.4. The van der Waals surface area contributed by atoms with Gasteiger partial charge in [0.2, 0.25) is 0 Å². The number of nitro benzene ring substituents is 1. The van der Waals surface area contributed by atoms with Crippen LogP contribution in [0.2, 0.25) is 5.02 Å². The number of halogens is 3. The number of carbonyl (C=O) groups excluding carboxylic acids is 1. The van der Waals surface area contributed by atoms with Crippen LogP contribution in [-0.4, -0.2) is 10.7 Å². The summed E-state index contributed by atoms with van der Waals surface area (Å²) in [6, 6.07) is 6.81. The Bertz CT molecular complexity index is 790. The molecule has 2 aromatic carbocycles. The number of nitrogens with zero attached hydrogens (tertiary/aromatic N) is 1. The van der Waals surface area contributed by atoms with E-state index in [9.17, 15) is 23.7 Å². The zero-order chi connectivity index (χ0) is 16.3. The molecule has 7 heteroatoms. The zero-order valence-electron chi connectivity index (χ0n) is 10.9. The fourth-order valence-electron chi connectivity index (χ4n) is 1.69. The summed E-state index contributed by atoms with van der Waals surface area (Å²) in [7, 11) is 0. The van der Waals surface area contributed by atoms with Gasteiger partial charge < -0.3 is 0 Å². The van der Waals surface area contributed by atoms with Gasteiger partial charge in [-0.05, 0) is 35.9 Å². The van der Waals surface area contributed by atoms with Crippen molar-refractivity contribution in [2.24, 2.45) is 0 Å². The first kappa shape index (κ1) is 15.8. The molecule has 22 heavy (non-hydrogen) atoms. The van der Waals surface area contributed by atoms with Gasteiger partial charge in [-0.3, -0.25) is 14.9 Å². The lowest BCUT2D eigenvalue weighted by molar-refractivity contribution is -0.384. The standard InChI is InChI=1S/C15H8ClF2NO3/c16-11-4-3-10(8-14(11)19(21)22)15(20)6-2-9-1-5-12(17)13(18)7-9/h1-8H/b6-2+. The molecule has 4 nitrogen and oxygen atoms in total. The number of nitro groups is 1. The first-order valence-electron chi connectivity index (χ1n) is 6.00. The second-order valence-corrected chi connectivity index (χ2v) is 4.70. The smallest absolute Gasteiger partial charge is 0.288 e. The van der Waals surface area contributed by atoms with Crippen molar-refractivity contribution in [3.8, 4) is 0 Å². The van der Waals surface area contributed by atoms with Crippen LogP contribution in [0.3, 0.4) is 0 Å². The van der Waals surface area contributed by atoms with E-state index < -0.39 is 22.3 Å². The van der Waals surface area contributed by atoms with Crippen molar-refractivity contribution in [3.63, 3.8) is 0 Å². The number of hydrogen-bond donors (Lipinski definition) is 0. The normalized spacial score (nSPS) is 10.9. The van der Waals surface area contributed by atoms with Gasteiger partial charge in [-0.15, -0.1) is 0 Å². The Morgan fingerprint density at radius 1 is 1.14 bits per heavy atom. The van der Waals surface area contributed by atoms with E-state index in [2.05, 4.69) is 0 Å². The predicted molar refractivity (Wildman–Crippen MR) is 77.8 cm³/mol. The van der Waals surface area contributed by atoms with Gasteiger partial charge in [0, 0.05) is 11.6 Å². The molecule has 0 bridgehead atoms. The van der Waals surface area contributed by atoms with Crippen LogP contribution < -0.4 is 0 Å². The summed E-state index contributed by atoms with van der Waals surface area (Å²) in [5, 5.41) is 10.7. The van der Waals surface area contributed by atoms with E-state index in [1.807, 2.05) is 0 Å². The molecule has 0 saturated heterocycles. The molecule has 0 fully saturated rings. The molecule has 0 amide bonds. The van der Waals surface area contributed by atoms with Gasteiger partial charge in [0.15, 0.2) is 17.4 Å². The number of ketones is 1. The van der Waals surface area contributed by atoms with Crippen molar-refractivity contribution < 1.29 is 18.5 Å². The summed E-state index contributed by atoms with van der Waals surface area (Å²) in [4.78, 5) is 22.0. The van der Waals surface area contributed by atoms with Gasteiger partial charge in [0.1, 0.15) is 5.02 Å². The molecule has 0 heterocycles. The van der Waals surface area contributed by atoms with Crippen molar-refractivity contribution in [3.05, 3.63) is 80.4 Å². The minimum Gasteiger partial charge on any atom is -0.289 e. The molecule has 112 valence electrons. The van der Waals surface area contributed by atoms with Crippen molar-refractivity contribution in [2.45, 2.75) is 0 Å². The maximum absolute atomic E-state index is 13.0. The van der Waals surface area contributed by atoms with Gasteiger partial charge >= 0.3 is 0 Å². The third-order valence-corrected chi connectivity index (χ3v) is 3.12. The summed E-state index contributed by atoms with van der Waals surface area (Å²) < 4.78 is 25.8. The molecule has 0 aliphatic heterocycles. The highest BCUT2D eigenvalue weighted by Gasteiger charge is 2.15. The minimum absolute atomic E-state index is 0.0648. The zero-order valence-corrected chi connectivity index (χ0v) is 11.7. The summed E-state index contributed by atoms with van der Waals surface area (Å²) in [6.07, 6.45) is 2.39. The van der Waals surface area contributed by atoms with Gasteiger partial charge in [0.25, 0.3) is 5.69 Å². The number of allylic oxidation sites excluding steroid dienone is 1. The van der Waals surface area contributed by atoms with Crippen LogP contribution in [0.5, 0.6) is 0 Å². The highest BCUT2D eigenvalue weighted by Crippen LogP contribution is 2.25.